The molecule has 1 atom stereocenters. The van der Waals surface area contributed by atoms with Crippen LogP contribution in [0, 0.1) is 0 Å². The number of aliphatic hydroxyl groups excluding tert-OH is 1. The minimum Gasteiger partial charge on any atom is -0.395 e. The first kappa shape index (κ1) is 18.7. The van der Waals surface area contributed by atoms with Gasteiger partial charge < -0.3 is 15.3 Å². The Kier molecular flexibility index (Phi) is 5.54. The van der Waals surface area contributed by atoms with Crippen molar-refractivity contribution in [2.24, 2.45) is 0 Å². The quantitative estimate of drug-likeness (QED) is 0.705. The van der Waals surface area contributed by atoms with Crippen molar-refractivity contribution in [3.63, 3.8) is 0 Å². The molecule has 2 amide bonds. The maximum Gasteiger partial charge on any atom is 0.318 e. The highest BCUT2D eigenvalue weighted by molar-refractivity contribution is 7.91. The van der Waals surface area contributed by atoms with E-state index in [0.717, 1.165) is 11.4 Å². The molecule has 9 heteroatoms. The molecule has 0 saturated carbocycles. The molecule has 3 N–H and O–H groups in total. The van der Waals surface area contributed by atoms with Gasteiger partial charge in [-0.1, -0.05) is 20.8 Å². The lowest BCUT2D eigenvalue weighted by Crippen LogP contribution is -2.47. The average Bonchev–Trinajstić information content (AvgIpc) is 3.08. The minimum atomic E-state index is -3.09. The van der Waals surface area contributed by atoms with Crippen LogP contribution in [0.2, 0.25) is 0 Å². The predicted octanol–water partition coefficient (Wildman–Crippen LogP) is 0.398. The molecule has 0 bridgehead atoms. The van der Waals surface area contributed by atoms with Crippen LogP contribution in [0.15, 0.2) is 6.07 Å². The summed E-state index contributed by atoms with van der Waals surface area (Å²) in [4.78, 5) is 13.8. The maximum absolute atomic E-state index is 12.4. The van der Waals surface area contributed by atoms with Crippen LogP contribution in [0.4, 0.5) is 4.79 Å². The Hall–Kier alpha value is -1.61. The second kappa shape index (κ2) is 7.10. The zero-order chi connectivity index (χ0) is 18.0. The number of amides is 2. The van der Waals surface area contributed by atoms with E-state index in [9.17, 15) is 13.2 Å². The first-order chi connectivity index (χ1) is 11.1. The van der Waals surface area contributed by atoms with E-state index in [1.54, 1.807) is 0 Å². The summed E-state index contributed by atoms with van der Waals surface area (Å²) in [5.41, 5.74) is 1.59. The fraction of sp³-hybridized carbons (Fsp3) is 0.733. The third-order valence-electron chi connectivity index (χ3n) is 4.08. The number of sulfone groups is 1. The predicted molar refractivity (Wildman–Crippen MR) is 90.4 cm³/mol. The van der Waals surface area contributed by atoms with Crippen molar-refractivity contribution in [2.45, 2.75) is 45.2 Å². The molecule has 1 saturated heterocycles. The minimum absolute atomic E-state index is 0.0430. The number of rotatable bonds is 5. The Balaban J connectivity index is 1.97. The Morgan fingerprint density at radius 2 is 2.21 bits per heavy atom. The molecule has 0 aliphatic carbocycles. The van der Waals surface area contributed by atoms with Crippen LogP contribution in [0.25, 0.3) is 0 Å². The van der Waals surface area contributed by atoms with E-state index in [4.69, 9.17) is 5.11 Å². The molecule has 1 aliphatic heterocycles. The maximum atomic E-state index is 12.4. The van der Waals surface area contributed by atoms with E-state index in [0.29, 0.717) is 6.42 Å². The first-order valence-corrected chi connectivity index (χ1v) is 9.85. The number of aromatic nitrogens is 2. The Morgan fingerprint density at radius 1 is 1.50 bits per heavy atom. The molecule has 136 valence electrons. The van der Waals surface area contributed by atoms with Crippen molar-refractivity contribution < 1.29 is 18.3 Å². The normalized spacial score (nSPS) is 20.1. The first-order valence-electron chi connectivity index (χ1n) is 8.03. The van der Waals surface area contributed by atoms with E-state index < -0.39 is 9.84 Å². The van der Waals surface area contributed by atoms with Gasteiger partial charge in [0.2, 0.25) is 0 Å². The van der Waals surface area contributed by atoms with Crippen LogP contribution < -0.4 is 5.32 Å². The molecule has 1 fully saturated rings. The number of urea groups is 1. The molecule has 2 rings (SSSR count). The van der Waals surface area contributed by atoms with Crippen LogP contribution in [-0.2, 0) is 21.8 Å². The zero-order valence-electron chi connectivity index (χ0n) is 14.4. The average molecular weight is 358 g/mol. The SMILES string of the molecule is CC(C)(C)c1cc(CNC(=O)N(CCO)[C@@H]2CCS(=O)(=O)C2)[nH]n1. The number of nitrogens with zero attached hydrogens (tertiary/aromatic N) is 2. The lowest BCUT2D eigenvalue weighted by molar-refractivity contribution is 0.157. The molecule has 1 aromatic heterocycles. The largest absolute Gasteiger partial charge is 0.395 e. The fourth-order valence-corrected chi connectivity index (χ4v) is 4.42. The van der Waals surface area contributed by atoms with Gasteiger partial charge in [-0.05, 0) is 12.5 Å². The number of H-pyrrole nitrogens is 1. The zero-order valence-corrected chi connectivity index (χ0v) is 15.2. The summed E-state index contributed by atoms with van der Waals surface area (Å²) in [6.07, 6.45) is 0.411. The van der Waals surface area contributed by atoms with Gasteiger partial charge in [0.25, 0.3) is 0 Å². The van der Waals surface area contributed by atoms with Gasteiger partial charge in [-0.15, -0.1) is 0 Å². The lowest BCUT2D eigenvalue weighted by atomic mass is 9.92. The summed E-state index contributed by atoms with van der Waals surface area (Å²) in [5.74, 6) is 0.0427. The number of carbonyl (C=O) groups is 1. The van der Waals surface area contributed by atoms with E-state index in [1.165, 1.54) is 4.90 Å². The fourth-order valence-electron chi connectivity index (χ4n) is 2.69. The Labute approximate surface area is 142 Å². The van der Waals surface area contributed by atoms with Gasteiger partial charge in [0.05, 0.1) is 36.0 Å². The summed E-state index contributed by atoms with van der Waals surface area (Å²) in [7, 11) is -3.09. The van der Waals surface area contributed by atoms with Crippen LogP contribution in [0.1, 0.15) is 38.6 Å². The highest BCUT2D eigenvalue weighted by Gasteiger charge is 2.34. The molecule has 0 unspecified atom stereocenters. The summed E-state index contributed by atoms with van der Waals surface area (Å²) >= 11 is 0. The number of hydrogen-bond donors (Lipinski definition) is 3. The van der Waals surface area contributed by atoms with Crippen molar-refractivity contribution in [3.8, 4) is 0 Å². The topological polar surface area (TPSA) is 115 Å². The van der Waals surface area contributed by atoms with Gasteiger partial charge in [0.1, 0.15) is 0 Å². The lowest BCUT2D eigenvalue weighted by Gasteiger charge is -2.27. The van der Waals surface area contributed by atoms with Crippen LogP contribution in [-0.4, -0.2) is 65.4 Å². The van der Waals surface area contributed by atoms with Gasteiger partial charge in [0, 0.05) is 18.0 Å². The van der Waals surface area contributed by atoms with Crippen molar-refractivity contribution >= 4 is 15.9 Å². The molecular weight excluding hydrogens is 332 g/mol. The molecular formula is C15H26N4O4S. The van der Waals surface area contributed by atoms with Crippen LogP contribution in [0.3, 0.4) is 0 Å². The number of aliphatic hydroxyl groups is 1. The summed E-state index contributed by atoms with van der Waals surface area (Å²) in [6.45, 7) is 6.33. The smallest absolute Gasteiger partial charge is 0.318 e. The van der Waals surface area contributed by atoms with Gasteiger partial charge in [-0.3, -0.25) is 5.10 Å². The van der Waals surface area contributed by atoms with Crippen molar-refractivity contribution in [1.82, 2.24) is 20.4 Å². The number of aromatic amines is 1. The molecule has 24 heavy (non-hydrogen) atoms. The van der Waals surface area contributed by atoms with Crippen molar-refractivity contribution in [2.75, 3.05) is 24.7 Å². The van der Waals surface area contributed by atoms with Crippen molar-refractivity contribution in [1.29, 1.82) is 0 Å². The number of nitrogens with one attached hydrogen (secondary N) is 2. The van der Waals surface area contributed by atoms with Gasteiger partial charge in [0.15, 0.2) is 9.84 Å². The molecule has 1 aromatic rings. The van der Waals surface area contributed by atoms with Crippen LogP contribution >= 0.6 is 0 Å². The standard InChI is InChI=1S/C15H26N4O4S/c1-15(2,3)13-8-11(17-18-13)9-16-14(21)19(5-6-20)12-4-7-24(22,23)10-12/h8,12,20H,4-7,9-10H2,1-3H3,(H,16,21)(H,17,18)/t12-/m1/s1. The molecule has 1 aliphatic rings. The number of hydrogen-bond acceptors (Lipinski definition) is 5. The third kappa shape index (κ3) is 4.70. The highest BCUT2D eigenvalue weighted by atomic mass is 32.2. The van der Waals surface area contributed by atoms with E-state index >= 15 is 0 Å². The van der Waals surface area contributed by atoms with E-state index in [1.807, 2.05) is 6.07 Å². The summed E-state index contributed by atoms with van der Waals surface area (Å²) in [6, 6.07) is 1.14. The van der Waals surface area contributed by atoms with Gasteiger partial charge in [-0.25, -0.2) is 13.2 Å². The number of carbonyl (C=O) groups excluding carboxylic acids is 1. The second-order valence-corrected chi connectivity index (χ2v) is 9.39. The molecule has 2 heterocycles. The molecule has 8 nitrogen and oxygen atoms in total. The molecule has 0 spiro atoms. The molecule has 0 aromatic carbocycles. The van der Waals surface area contributed by atoms with Crippen molar-refractivity contribution in [3.05, 3.63) is 17.5 Å². The monoisotopic (exact) mass is 358 g/mol. The summed E-state index contributed by atoms with van der Waals surface area (Å²) < 4.78 is 23.2. The third-order valence-corrected chi connectivity index (χ3v) is 5.83. The highest BCUT2D eigenvalue weighted by Crippen LogP contribution is 2.20. The van der Waals surface area contributed by atoms with Gasteiger partial charge >= 0.3 is 6.03 Å². The van der Waals surface area contributed by atoms with Gasteiger partial charge in [-0.2, -0.15) is 5.10 Å². The Bertz CT molecular complexity index is 678. The second-order valence-electron chi connectivity index (χ2n) is 7.16. The Morgan fingerprint density at radius 3 is 2.71 bits per heavy atom. The van der Waals surface area contributed by atoms with E-state index in [-0.39, 0.29) is 48.7 Å². The van der Waals surface area contributed by atoms with Crippen LogP contribution in [0.5, 0.6) is 0 Å². The molecule has 0 radical (unpaired) electrons. The van der Waals surface area contributed by atoms with E-state index in [2.05, 4.69) is 36.3 Å². The summed E-state index contributed by atoms with van der Waals surface area (Å²) in [5, 5.41) is 19.1.